The van der Waals surface area contributed by atoms with Crippen molar-refractivity contribution < 1.29 is 29.3 Å². The quantitative estimate of drug-likeness (QED) is 0.338. The van der Waals surface area contributed by atoms with Crippen molar-refractivity contribution in [3.63, 3.8) is 0 Å². The van der Waals surface area contributed by atoms with Crippen LogP contribution in [-0.4, -0.2) is 46.9 Å². The van der Waals surface area contributed by atoms with Crippen LogP contribution < -0.4 is 0 Å². The van der Waals surface area contributed by atoms with Gasteiger partial charge >= 0.3 is 11.9 Å². The van der Waals surface area contributed by atoms with Gasteiger partial charge in [0, 0.05) is 12.0 Å². The average Bonchev–Trinajstić information content (AvgIpc) is 2.45. The predicted molar refractivity (Wildman–Crippen MR) is 84.4 cm³/mol. The molecule has 7 heteroatoms. The van der Waals surface area contributed by atoms with Crippen LogP contribution in [0.15, 0.2) is 11.0 Å². The van der Waals surface area contributed by atoms with Crippen LogP contribution in [0.3, 0.4) is 0 Å². The summed E-state index contributed by atoms with van der Waals surface area (Å²) in [6, 6.07) is 0. The van der Waals surface area contributed by atoms with Crippen LogP contribution in [0.4, 0.5) is 0 Å². The summed E-state index contributed by atoms with van der Waals surface area (Å²) in [6.45, 7) is 5.50. The van der Waals surface area contributed by atoms with Crippen LogP contribution in [0, 0.1) is 11.8 Å². The highest BCUT2D eigenvalue weighted by molar-refractivity contribution is 8.03. The predicted octanol–water partition coefficient (Wildman–Crippen LogP) is 1.86. The van der Waals surface area contributed by atoms with Gasteiger partial charge in [-0.3, -0.25) is 4.79 Å². The Morgan fingerprint density at radius 2 is 1.95 bits per heavy atom. The molecule has 3 atom stereocenters. The molecule has 0 aliphatic rings. The van der Waals surface area contributed by atoms with Gasteiger partial charge < -0.3 is 19.7 Å². The maximum atomic E-state index is 11.5. The molecule has 0 aromatic heterocycles. The van der Waals surface area contributed by atoms with Gasteiger partial charge in [-0.05, 0) is 30.6 Å². The Balaban J connectivity index is 4.73. The molecule has 0 unspecified atom stereocenters. The highest BCUT2D eigenvalue weighted by atomic mass is 32.2. The number of aliphatic carboxylic acids is 1. The Kier molecular flexibility index (Phi) is 10.6. The largest absolute Gasteiger partial charge is 0.478 e. The van der Waals surface area contributed by atoms with E-state index < -0.39 is 24.0 Å². The minimum Gasteiger partial charge on any atom is -0.478 e. The number of esters is 1. The number of carbonyl (C=O) groups is 3. The topological polar surface area (TPSA) is 101 Å². The zero-order chi connectivity index (χ0) is 17.1. The Bertz CT molecular complexity index is 405. The van der Waals surface area contributed by atoms with Crippen molar-refractivity contribution >= 4 is 30.0 Å². The lowest BCUT2D eigenvalue weighted by Crippen LogP contribution is -2.21. The van der Waals surface area contributed by atoms with E-state index in [4.69, 9.17) is 9.84 Å². The molecule has 126 valence electrons. The molecule has 0 saturated carbocycles. The molecule has 0 aliphatic carbocycles. The third-order valence-corrected chi connectivity index (χ3v) is 4.23. The Morgan fingerprint density at radius 1 is 1.32 bits per heavy atom. The summed E-state index contributed by atoms with van der Waals surface area (Å²) < 4.78 is 4.94. The molecule has 0 aromatic rings. The summed E-state index contributed by atoms with van der Waals surface area (Å²) in [6.07, 6.45) is 1.94. The van der Waals surface area contributed by atoms with Crippen LogP contribution >= 0.6 is 11.8 Å². The molecule has 6 nitrogen and oxygen atoms in total. The first-order valence-corrected chi connectivity index (χ1v) is 8.16. The van der Waals surface area contributed by atoms with Crippen LogP contribution in [0.1, 0.15) is 33.6 Å². The van der Waals surface area contributed by atoms with Crippen LogP contribution in [0.5, 0.6) is 0 Å². The van der Waals surface area contributed by atoms with Gasteiger partial charge in [0.1, 0.15) is 6.29 Å². The van der Waals surface area contributed by atoms with E-state index in [1.807, 2.05) is 6.92 Å². The molecule has 0 rings (SSSR count). The van der Waals surface area contributed by atoms with Gasteiger partial charge in [-0.2, -0.15) is 0 Å². The molecule has 0 aromatic carbocycles. The van der Waals surface area contributed by atoms with E-state index in [0.717, 1.165) is 24.3 Å². The lowest BCUT2D eigenvalue weighted by Gasteiger charge is -2.20. The van der Waals surface area contributed by atoms with Gasteiger partial charge in [-0.25, -0.2) is 4.79 Å². The van der Waals surface area contributed by atoms with E-state index in [-0.39, 0.29) is 11.7 Å². The summed E-state index contributed by atoms with van der Waals surface area (Å²) in [5.41, 5.74) is 0. The summed E-state index contributed by atoms with van der Waals surface area (Å²) in [5, 5.41) is 18.4. The molecule has 0 bridgehead atoms. The SMILES string of the molecule is CCCOC(=O)CS/C(=C\C(=O)O)[C@H](C)C[C@H](C=O)[C@@H](C)O. The molecule has 2 N–H and O–H groups in total. The fourth-order valence-electron chi connectivity index (χ4n) is 1.74. The first kappa shape index (κ1) is 20.7. The molecule has 0 amide bonds. The van der Waals surface area contributed by atoms with Crippen molar-refractivity contribution in [3.8, 4) is 0 Å². The van der Waals surface area contributed by atoms with E-state index >= 15 is 0 Å². The third-order valence-electron chi connectivity index (χ3n) is 3.00. The summed E-state index contributed by atoms with van der Waals surface area (Å²) >= 11 is 1.09. The zero-order valence-corrected chi connectivity index (χ0v) is 14.0. The van der Waals surface area contributed by atoms with E-state index in [9.17, 15) is 19.5 Å². The van der Waals surface area contributed by atoms with Gasteiger partial charge in [0.2, 0.25) is 0 Å². The second-order valence-electron chi connectivity index (χ2n) is 5.07. The number of carboxylic acid groups (broad SMARTS) is 1. The number of ether oxygens (including phenoxy) is 1. The standard InChI is InChI=1S/C15H24O6S/c1-4-5-21-15(20)9-22-13(7-14(18)19)10(2)6-12(8-16)11(3)17/h7-8,10-12,17H,4-6,9H2,1-3H3,(H,18,19)/b13-7-/t10-,11-,12-/m1/s1. The van der Waals surface area contributed by atoms with Gasteiger partial charge in [-0.15, -0.1) is 11.8 Å². The number of hydrogen-bond donors (Lipinski definition) is 2. The highest BCUT2D eigenvalue weighted by Gasteiger charge is 2.21. The number of aliphatic hydroxyl groups excluding tert-OH is 1. The zero-order valence-electron chi connectivity index (χ0n) is 13.2. The van der Waals surface area contributed by atoms with Gasteiger partial charge in [-0.1, -0.05) is 13.8 Å². The molecule has 0 aliphatic heterocycles. The maximum absolute atomic E-state index is 11.5. The lowest BCUT2D eigenvalue weighted by atomic mass is 9.92. The van der Waals surface area contributed by atoms with Crippen molar-refractivity contribution in [2.45, 2.75) is 39.7 Å². The second kappa shape index (κ2) is 11.3. The summed E-state index contributed by atoms with van der Waals surface area (Å²) in [4.78, 5) is 33.8. The number of thioether (sulfide) groups is 1. The first-order chi connectivity index (χ1) is 10.3. The van der Waals surface area contributed by atoms with Crippen molar-refractivity contribution in [1.82, 2.24) is 0 Å². The number of aliphatic hydroxyl groups is 1. The van der Waals surface area contributed by atoms with Gasteiger partial charge in [0.05, 0.1) is 18.5 Å². The fourth-order valence-corrected chi connectivity index (χ4v) is 2.67. The number of hydrogen-bond acceptors (Lipinski definition) is 6. The minimum absolute atomic E-state index is 0.0177. The minimum atomic E-state index is -1.11. The number of aldehydes is 1. The van der Waals surface area contributed by atoms with Crippen molar-refractivity contribution in [1.29, 1.82) is 0 Å². The summed E-state index contributed by atoms with van der Waals surface area (Å²) in [7, 11) is 0. The van der Waals surface area contributed by atoms with E-state index in [1.165, 1.54) is 6.92 Å². The van der Waals surface area contributed by atoms with E-state index in [0.29, 0.717) is 24.2 Å². The van der Waals surface area contributed by atoms with Gasteiger partial charge in [0.25, 0.3) is 0 Å². The average molecular weight is 332 g/mol. The molecular weight excluding hydrogens is 308 g/mol. The third kappa shape index (κ3) is 8.84. The smallest absolute Gasteiger partial charge is 0.329 e. The molecular formula is C15H24O6S. The first-order valence-electron chi connectivity index (χ1n) is 7.18. The van der Waals surface area contributed by atoms with Crippen molar-refractivity contribution in [2.24, 2.45) is 11.8 Å². The molecule has 0 spiro atoms. The number of carbonyl (C=O) groups excluding carboxylic acids is 2. The van der Waals surface area contributed by atoms with Crippen LogP contribution in [0.2, 0.25) is 0 Å². The Hall–Kier alpha value is -1.34. The van der Waals surface area contributed by atoms with Crippen molar-refractivity contribution in [3.05, 3.63) is 11.0 Å². The molecule has 22 heavy (non-hydrogen) atoms. The van der Waals surface area contributed by atoms with Crippen LogP contribution in [0.25, 0.3) is 0 Å². The monoisotopic (exact) mass is 332 g/mol. The number of rotatable bonds is 11. The van der Waals surface area contributed by atoms with Crippen LogP contribution in [-0.2, 0) is 19.1 Å². The molecule has 0 heterocycles. The Labute approximate surface area is 134 Å². The van der Waals surface area contributed by atoms with E-state index in [2.05, 4.69) is 0 Å². The molecule has 0 saturated heterocycles. The second-order valence-corrected chi connectivity index (χ2v) is 6.12. The molecule has 0 radical (unpaired) electrons. The highest BCUT2D eigenvalue weighted by Crippen LogP contribution is 2.29. The number of carboxylic acids is 1. The van der Waals surface area contributed by atoms with E-state index in [1.54, 1.807) is 6.92 Å². The van der Waals surface area contributed by atoms with Gasteiger partial charge in [0.15, 0.2) is 0 Å². The lowest BCUT2D eigenvalue weighted by molar-refractivity contribution is -0.140. The normalized spacial score (nSPS) is 15.7. The Morgan fingerprint density at radius 3 is 2.41 bits per heavy atom. The maximum Gasteiger partial charge on any atom is 0.329 e. The number of allylic oxidation sites excluding steroid dienone is 1. The fraction of sp³-hybridized carbons (Fsp3) is 0.667. The molecule has 0 fully saturated rings. The summed E-state index contributed by atoms with van der Waals surface area (Å²) in [5.74, 6) is -2.33. The van der Waals surface area contributed by atoms with Crippen molar-refractivity contribution in [2.75, 3.05) is 12.4 Å².